The van der Waals surface area contributed by atoms with E-state index in [1.807, 2.05) is 20.8 Å². The molecule has 1 unspecified atom stereocenters. The van der Waals surface area contributed by atoms with Crippen molar-refractivity contribution >= 4 is 25.3 Å². The van der Waals surface area contributed by atoms with Crippen LogP contribution in [0.25, 0.3) is 0 Å². The third-order valence-corrected chi connectivity index (χ3v) is 6.01. The Morgan fingerprint density at radius 2 is 1.81 bits per heavy atom. The normalized spacial score (nSPS) is 14.6. The van der Waals surface area contributed by atoms with Gasteiger partial charge in [-0.2, -0.15) is 20.5 Å². The van der Waals surface area contributed by atoms with E-state index in [-0.39, 0.29) is 12.6 Å². The van der Waals surface area contributed by atoms with Crippen LogP contribution in [0, 0.1) is 0 Å². The zero-order valence-electron chi connectivity index (χ0n) is 16.0. The lowest BCUT2D eigenvalue weighted by Gasteiger charge is -2.22. The van der Waals surface area contributed by atoms with Crippen molar-refractivity contribution in [2.24, 2.45) is 0 Å². The van der Waals surface area contributed by atoms with Gasteiger partial charge in [-0.3, -0.25) is 9.36 Å². The van der Waals surface area contributed by atoms with Gasteiger partial charge >= 0.3 is 19.2 Å². The van der Waals surface area contributed by atoms with Crippen molar-refractivity contribution in [3.63, 3.8) is 0 Å². The molecule has 27 heavy (non-hydrogen) atoms. The third-order valence-electron chi connectivity index (χ3n) is 3.32. The van der Waals surface area contributed by atoms with Gasteiger partial charge in [0, 0.05) is 17.7 Å². The number of carbonyl (C=O) groups excluding carboxylic acids is 1. The van der Waals surface area contributed by atoms with Gasteiger partial charge < -0.3 is 14.2 Å². The van der Waals surface area contributed by atoms with Crippen LogP contribution in [0.15, 0.2) is 24.3 Å². The van der Waals surface area contributed by atoms with Crippen LogP contribution in [0.5, 0.6) is 0 Å². The molecule has 0 amide bonds. The molecule has 0 spiro atoms. The van der Waals surface area contributed by atoms with Crippen LogP contribution < -0.4 is 0 Å². The maximum absolute atomic E-state index is 14.1. The van der Waals surface area contributed by atoms with Gasteiger partial charge in [-0.1, -0.05) is 24.3 Å². The first kappa shape index (κ1) is 24.1. The molecule has 0 bridgehead atoms. The van der Waals surface area contributed by atoms with E-state index in [0.717, 1.165) is 23.4 Å². The summed E-state index contributed by atoms with van der Waals surface area (Å²) in [5.74, 6) is 1.08. The fraction of sp³-hybridized carbons (Fsp3) is 0.611. The first-order chi connectivity index (χ1) is 12.4. The first-order valence-corrected chi connectivity index (χ1v) is 11.4. The molecule has 1 N–H and O–H groups in total. The van der Waals surface area contributed by atoms with Crippen LogP contribution in [-0.4, -0.2) is 28.8 Å². The SMILES string of the molecule is CCOP(=O)(O)C(F)(F)c1ccc(CSCCCC(=O)OC(C)(C)C)cc1. The lowest BCUT2D eigenvalue weighted by molar-refractivity contribution is -0.154. The summed E-state index contributed by atoms with van der Waals surface area (Å²) in [7, 11) is -5.07. The monoisotopic (exact) mass is 424 g/mol. The number of thioether (sulfide) groups is 1. The second kappa shape index (κ2) is 10.0. The lowest BCUT2D eigenvalue weighted by atomic mass is 10.1. The third kappa shape index (κ3) is 7.90. The summed E-state index contributed by atoms with van der Waals surface area (Å²) in [6, 6.07) is 5.27. The average molecular weight is 424 g/mol. The molecule has 1 rings (SSSR count). The molecule has 1 aromatic carbocycles. The molecule has 1 aromatic rings. The van der Waals surface area contributed by atoms with Gasteiger partial charge in [0.25, 0.3) is 0 Å². The highest BCUT2D eigenvalue weighted by atomic mass is 32.2. The Morgan fingerprint density at radius 3 is 2.33 bits per heavy atom. The van der Waals surface area contributed by atoms with Crippen LogP contribution in [0.1, 0.15) is 51.7 Å². The molecule has 1 atom stereocenters. The smallest absolute Gasteiger partial charge is 0.401 e. The molecule has 0 aliphatic rings. The van der Waals surface area contributed by atoms with Crippen LogP contribution >= 0.6 is 19.4 Å². The maximum atomic E-state index is 14.1. The lowest BCUT2D eigenvalue weighted by Crippen LogP contribution is -2.23. The summed E-state index contributed by atoms with van der Waals surface area (Å²) in [5.41, 5.74) is -4.20. The number of benzene rings is 1. The largest absolute Gasteiger partial charge is 0.460 e. The summed E-state index contributed by atoms with van der Waals surface area (Å²) >= 11 is 1.57. The van der Waals surface area contributed by atoms with E-state index < -0.39 is 24.4 Å². The van der Waals surface area contributed by atoms with Crippen molar-refractivity contribution in [3.05, 3.63) is 35.4 Å². The number of alkyl halides is 2. The first-order valence-electron chi connectivity index (χ1n) is 8.63. The number of hydrogen-bond donors (Lipinski definition) is 1. The summed E-state index contributed by atoms with van der Waals surface area (Å²) in [4.78, 5) is 21.0. The van der Waals surface area contributed by atoms with E-state index in [9.17, 15) is 23.0 Å². The number of halogens is 2. The van der Waals surface area contributed by atoms with Crippen molar-refractivity contribution < 1.29 is 32.3 Å². The van der Waals surface area contributed by atoms with Crippen molar-refractivity contribution in [2.45, 2.75) is 57.6 Å². The zero-order chi connectivity index (χ0) is 20.7. The molecule has 9 heteroatoms. The summed E-state index contributed by atoms with van der Waals surface area (Å²) in [6.45, 7) is 6.55. The van der Waals surface area contributed by atoms with E-state index in [4.69, 9.17) is 4.74 Å². The predicted octanol–water partition coefficient (Wildman–Crippen LogP) is 5.31. The molecule has 0 saturated heterocycles. The highest BCUT2D eigenvalue weighted by Crippen LogP contribution is 2.62. The van der Waals surface area contributed by atoms with E-state index in [0.29, 0.717) is 18.6 Å². The van der Waals surface area contributed by atoms with Crippen LogP contribution in [0.3, 0.4) is 0 Å². The fourth-order valence-corrected chi connectivity index (χ4v) is 4.03. The summed E-state index contributed by atoms with van der Waals surface area (Å²) < 4.78 is 49.4. The van der Waals surface area contributed by atoms with Gasteiger partial charge in [-0.05, 0) is 45.4 Å². The van der Waals surface area contributed by atoms with E-state index in [2.05, 4.69) is 4.52 Å². The molecule has 5 nitrogen and oxygen atoms in total. The van der Waals surface area contributed by atoms with Crippen LogP contribution in [0.4, 0.5) is 8.78 Å². The van der Waals surface area contributed by atoms with Gasteiger partial charge in [0.1, 0.15) is 5.60 Å². The van der Waals surface area contributed by atoms with Crippen molar-refractivity contribution in [3.8, 4) is 0 Å². The number of hydrogen-bond acceptors (Lipinski definition) is 5. The van der Waals surface area contributed by atoms with Gasteiger partial charge in [0.05, 0.1) is 6.61 Å². The molecule has 0 saturated carbocycles. The van der Waals surface area contributed by atoms with E-state index in [1.54, 1.807) is 11.8 Å². The van der Waals surface area contributed by atoms with Gasteiger partial charge in [0.15, 0.2) is 0 Å². The van der Waals surface area contributed by atoms with Gasteiger partial charge in [0.2, 0.25) is 0 Å². The molecule has 0 aliphatic heterocycles. The highest BCUT2D eigenvalue weighted by Gasteiger charge is 2.52. The molecule has 0 aromatic heterocycles. The molecule has 0 radical (unpaired) electrons. The molecular weight excluding hydrogens is 397 g/mol. The number of ether oxygens (including phenoxy) is 1. The maximum Gasteiger partial charge on any atom is 0.401 e. The fourth-order valence-electron chi connectivity index (χ4n) is 2.12. The number of rotatable bonds is 10. The topological polar surface area (TPSA) is 72.8 Å². The quantitative estimate of drug-likeness (QED) is 0.312. The Morgan fingerprint density at radius 1 is 1.22 bits per heavy atom. The Kier molecular flexibility index (Phi) is 8.93. The molecular formula is C18H27F2O5PS. The minimum Gasteiger partial charge on any atom is -0.460 e. The Labute approximate surface area is 163 Å². The minimum absolute atomic E-state index is 0.239. The standard InChI is InChI=1S/C18H27F2O5PS/c1-5-24-26(22,23)18(19,20)15-10-8-14(9-11-15)13-27-12-6-7-16(21)25-17(2,3)4/h8-11H,5-7,12-13H2,1-4H3,(H,22,23). The highest BCUT2D eigenvalue weighted by molar-refractivity contribution is 7.98. The minimum atomic E-state index is -5.07. The van der Waals surface area contributed by atoms with E-state index >= 15 is 0 Å². The Bertz CT molecular complexity index is 659. The molecule has 154 valence electrons. The van der Waals surface area contributed by atoms with Crippen LogP contribution in [0.2, 0.25) is 0 Å². The van der Waals surface area contributed by atoms with Crippen LogP contribution in [-0.2, 0) is 30.0 Å². The Balaban J connectivity index is 2.47. The van der Waals surface area contributed by atoms with E-state index in [1.165, 1.54) is 19.1 Å². The number of esters is 1. The van der Waals surface area contributed by atoms with Crippen molar-refractivity contribution in [2.75, 3.05) is 12.4 Å². The summed E-state index contributed by atoms with van der Waals surface area (Å²) in [5, 5.41) is 0. The Hall–Kier alpha value is -0.950. The summed E-state index contributed by atoms with van der Waals surface area (Å²) in [6.07, 6.45) is 0.996. The second-order valence-electron chi connectivity index (χ2n) is 6.92. The second-order valence-corrected chi connectivity index (χ2v) is 9.88. The van der Waals surface area contributed by atoms with Gasteiger partial charge in [-0.25, -0.2) is 0 Å². The van der Waals surface area contributed by atoms with Crippen molar-refractivity contribution in [1.29, 1.82) is 0 Å². The zero-order valence-corrected chi connectivity index (χ0v) is 17.7. The van der Waals surface area contributed by atoms with Gasteiger partial charge in [-0.15, -0.1) is 0 Å². The molecule has 0 aliphatic carbocycles. The predicted molar refractivity (Wildman–Crippen MR) is 103 cm³/mol. The molecule has 0 fully saturated rings. The van der Waals surface area contributed by atoms with Crippen molar-refractivity contribution in [1.82, 2.24) is 0 Å². The average Bonchev–Trinajstić information content (AvgIpc) is 2.53. The molecule has 0 heterocycles. The number of carbonyl (C=O) groups is 1.